The molecule has 0 radical (unpaired) electrons. The van der Waals surface area contributed by atoms with Crippen LogP contribution in [-0.2, 0) is 13.0 Å². The van der Waals surface area contributed by atoms with Gasteiger partial charge in [0.15, 0.2) is 0 Å². The van der Waals surface area contributed by atoms with Crippen LogP contribution in [0.4, 0.5) is 0 Å². The van der Waals surface area contributed by atoms with Crippen LogP contribution in [0.3, 0.4) is 0 Å². The first-order valence-corrected chi connectivity index (χ1v) is 9.44. The van der Waals surface area contributed by atoms with Gasteiger partial charge >= 0.3 is 0 Å². The Hall–Kier alpha value is -2.33. The van der Waals surface area contributed by atoms with E-state index in [1.165, 1.54) is 16.6 Å². The molecule has 4 heteroatoms. The van der Waals surface area contributed by atoms with Crippen LogP contribution in [0.15, 0.2) is 42.5 Å². The van der Waals surface area contributed by atoms with E-state index in [1.54, 1.807) is 0 Å². The van der Waals surface area contributed by atoms with Crippen molar-refractivity contribution in [2.24, 2.45) is 0 Å². The van der Waals surface area contributed by atoms with Crippen molar-refractivity contribution < 1.29 is 9.84 Å². The Morgan fingerprint density at radius 2 is 1.85 bits per heavy atom. The van der Waals surface area contributed by atoms with Gasteiger partial charge in [0.05, 0.1) is 17.6 Å². The number of aliphatic hydroxyl groups is 1. The van der Waals surface area contributed by atoms with Crippen LogP contribution in [0.25, 0.3) is 11.0 Å². The highest BCUT2D eigenvalue weighted by Crippen LogP contribution is 2.19. The molecule has 0 atom stereocenters. The lowest BCUT2D eigenvalue weighted by Gasteiger charge is -2.11. The minimum absolute atomic E-state index is 0.201. The van der Waals surface area contributed by atoms with Gasteiger partial charge in [-0.25, -0.2) is 4.98 Å². The molecular formula is C22H28N2O2. The predicted molar refractivity (Wildman–Crippen MR) is 106 cm³/mol. The molecule has 1 heterocycles. The molecule has 0 saturated heterocycles. The molecule has 138 valence electrons. The molecule has 0 saturated carbocycles. The Morgan fingerprint density at radius 1 is 1.00 bits per heavy atom. The lowest BCUT2D eigenvalue weighted by atomic mass is 10.1. The number of hydrogen-bond acceptors (Lipinski definition) is 3. The number of aromatic nitrogens is 2. The van der Waals surface area contributed by atoms with Crippen molar-refractivity contribution in [3.05, 3.63) is 59.4 Å². The van der Waals surface area contributed by atoms with E-state index in [1.807, 2.05) is 12.1 Å². The predicted octanol–water partition coefficient (Wildman–Crippen LogP) is 4.44. The standard InChI is InChI=1S/C22H28N2O2/c1-17-11-12-19(16-18(17)2)26-15-6-5-13-24-21-9-4-3-8-20(21)23-22(24)10-7-14-25/h3-4,8-9,11-12,16,25H,5-7,10,13-15H2,1-2H3. The molecule has 1 aromatic heterocycles. The Labute approximate surface area is 155 Å². The topological polar surface area (TPSA) is 47.3 Å². The second-order valence-corrected chi connectivity index (χ2v) is 6.80. The lowest BCUT2D eigenvalue weighted by molar-refractivity contribution is 0.286. The second-order valence-electron chi connectivity index (χ2n) is 6.80. The van der Waals surface area contributed by atoms with Crippen molar-refractivity contribution in [2.75, 3.05) is 13.2 Å². The molecule has 0 unspecified atom stereocenters. The van der Waals surface area contributed by atoms with E-state index in [9.17, 15) is 0 Å². The van der Waals surface area contributed by atoms with Gasteiger partial charge in [0.2, 0.25) is 0 Å². The third-order valence-corrected chi connectivity index (χ3v) is 4.82. The van der Waals surface area contributed by atoms with Gasteiger partial charge in [-0.2, -0.15) is 0 Å². The minimum atomic E-state index is 0.201. The smallest absolute Gasteiger partial charge is 0.119 e. The van der Waals surface area contributed by atoms with Crippen LogP contribution in [-0.4, -0.2) is 27.9 Å². The number of nitrogens with zero attached hydrogens (tertiary/aromatic N) is 2. The first kappa shape index (κ1) is 18.5. The van der Waals surface area contributed by atoms with Gasteiger partial charge in [-0.15, -0.1) is 0 Å². The zero-order valence-corrected chi connectivity index (χ0v) is 15.7. The third kappa shape index (κ3) is 4.44. The molecule has 26 heavy (non-hydrogen) atoms. The maximum absolute atomic E-state index is 9.13. The zero-order valence-electron chi connectivity index (χ0n) is 15.7. The highest BCUT2D eigenvalue weighted by atomic mass is 16.5. The lowest BCUT2D eigenvalue weighted by Crippen LogP contribution is -2.07. The van der Waals surface area contributed by atoms with E-state index in [-0.39, 0.29) is 6.61 Å². The minimum Gasteiger partial charge on any atom is -0.494 e. The van der Waals surface area contributed by atoms with Crippen LogP contribution in [0.2, 0.25) is 0 Å². The second kappa shape index (κ2) is 8.86. The number of benzene rings is 2. The summed E-state index contributed by atoms with van der Waals surface area (Å²) in [6, 6.07) is 14.5. The number of para-hydroxylation sites is 2. The van der Waals surface area contributed by atoms with Crippen molar-refractivity contribution in [1.82, 2.24) is 9.55 Å². The summed E-state index contributed by atoms with van der Waals surface area (Å²) in [7, 11) is 0. The molecule has 3 rings (SSSR count). The van der Waals surface area contributed by atoms with Gasteiger partial charge in [0.25, 0.3) is 0 Å². The van der Waals surface area contributed by atoms with Crippen LogP contribution in [0.5, 0.6) is 5.75 Å². The van der Waals surface area contributed by atoms with Crippen LogP contribution < -0.4 is 4.74 Å². The molecule has 1 N–H and O–H groups in total. The summed E-state index contributed by atoms with van der Waals surface area (Å²) in [5, 5.41) is 9.13. The summed E-state index contributed by atoms with van der Waals surface area (Å²) in [6.07, 6.45) is 3.60. The van der Waals surface area contributed by atoms with Crippen LogP contribution in [0, 0.1) is 13.8 Å². The highest BCUT2D eigenvalue weighted by Gasteiger charge is 2.09. The molecule has 2 aromatic carbocycles. The number of fused-ring (bicyclic) bond motifs is 1. The molecule has 0 spiro atoms. The van der Waals surface area contributed by atoms with Gasteiger partial charge in [-0.1, -0.05) is 18.2 Å². The summed E-state index contributed by atoms with van der Waals surface area (Å²) in [5.74, 6) is 2.01. The fourth-order valence-electron chi connectivity index (χ4n) is 3.17. The maximum Gasteiger partial charge on any atom is 0.119 e. The van der Waals surface area contributed by atoms with Gasteiger partial charge in [-0.05, 0) is 68.5 Å². The fourth-order valence-corrected chi connectivity index (χ4v) is 3.17. The average Bonchev–Trinajstić information content (AvgIpc) is 3.00. The number of imidazole rings is 1. The Bertz CT molecular complexity index is 854. The number of ether oxygens (including phenoxy) is 1. The van der Waals surface area contributed by atoms with Crippen LogP contribution in [0.1, 0.15) is 36.2 Å². The summed E-state index contributed by atoms with van der Waals surface area (Å²) in [4.78, 5) is 4.74. The van der Waals surface area contributed by atoms with E-state index in [0.29, 0.717) is 0 Å². The zero-order chi connectivity index (χ0) is 18.4. The Morgan fingerprint density at radius 3 is 2.65 bits per heavy atom. The van der Waals surface area contributed by atoms with Gasteiger partial charge in [-0.3, -0.25) is 0 Å². The van der Waals surface area contributed by atoms with Gasteiger partial charge in [0.1, 0.15) is 11.6 Å². The molecule has 0 fully saturated rings. The van der Waals surface area contributed by atoms with Crippen molar-refractivity contribution >= 4 is 11.0 Å². The van der Waals surface area contributed by atoms with E-state index >= 15 is 0 Å². The van der Waals surface area contributed by atoms with Crippen molar-refractivity contribution in [1.29, 1.82) is 0 Å². The average molecular weight is 352 g/mol. The monoisotopic (exact) mass is 352 g/mol. The Balaban J connectivity index is 1.56. The number of aliphatic hydroxyl groups excluding tert-OH is 1. The molecule has 0 aliphatic rings. The van der Waals surface area contributed by atoms with Crippen molar-refractivity contribution in [2.45, 2.75) is 46.1 Å². The molecule has 0 amide bonds. The van der Waals surface area contributed by atoms with Gasteiger partial charge in [0, 0.05) is 19.6 Å². The van der Waals surface area contributed by atoms with E-state index in [0.717, 1.165) is 55.9 Å². The van der Waals surface area contributed by atoms with Gasteiger partial charge < -0.3 is 14.4 Å². The molecule has 0 aliphatic carbocycles. The number of unbranched alkanes of at least 4 members (excludes halogenated alkanes) is 1. The number of hydrogen-bond donors (Lipinski definition) is 1. The first-order chi connectivity index (χ1) is 12.7. The summed E-state index contributed by atoms with van der Waals surface area (Å²) in [5.41, 5.74) is 4.77. The molecular weight excluding hydrogens is 324 g/mol. The van der Waals surface area contributed by atoms with Crippen molar-refractivity contribution in [3.63, 3.8) is 0 Å². The van der Waals surface area contributed by atoms with E-state index in [4.69, 9.17) is 14.8 Å². The first-order valence-electron chi connectivity index (χ1n) is 9.44. The van der Waals surface area contributed by atoms with Crippen molar-refractivity contribution in [3.8, 4) is 5.75 Å². The van der Waals surface area contributed by atoms with Crippen LogP contribution >= 0.6 is 0 Å². The summed E-state index contributed by atoms with van der Waals surface area (Å²) >= 11 is 0. The number of rotatable bonds is 9. The highest BCUT2D eigenvalue weighted by molar-refractivity contribution is 5.75. The largest absolute Gasteiger partial charge is 0.494 e. The molecule has 4 nitrogen and oxygen atoms in total. The van der Waals surface area contributed by atoms with E-state index < -0.39 is 0 Å². The molecule has 0 aliphatic heterocycles. The van der Waals surface area contributed by atoms with E-state index in [2.05, 4.69) is 48.7 Å². The fraction of sp³-hybridized carbons (Fsp3) is 0.409. The summed E-state index contributed by atoms with van der Waals surface area (Å²) < 4.78 is 8.18. The molecule has 0 bridgehead atoms. The summed E-state index contributed by atoms with van der Waals surface area (Å²) in [6.45, 7) is 6.08. The SMILES string of the molecule is Cc1ccc(OCCCCn2c(CCCO)nc3ccccc32)cc1C. The Kier molecular flexibility index (Phi) is 6.29. The third-order valence-electron chi connectivity index (χ3n) is 4.82. The normalized spacial score (nSPS) is 11.2. The maximum atomic E-state index is 9.13. The quantitative estimate of drug-likeness (QED) is 0.579. The number of aryl methyl sites for hydroxylation is 4. The molecule has 3 aromatic rings.